The van der Waals surface area contributed by atoms with Crippen molar-refractivity contribution >= 4 is 40.7 Å². The number of para-hydroxylation sites is 1. The molecule has 0 spiro atoms. The topological polar surface area (TPSA) is 129 Å². The molecule has 2 aromatic heterocycles. The summed E-state index contributed by atoms with van der Waals surface area (Å²) in [7, 11) is 0. The zero-order valence-corrected chi connectivity index (χ0v) is 15.4. The van der Waals surface area contributed by atoms with Crippen LogP contribution in [-0.4, -0.2) is 38.9 Å². The van der Waals surface area contributed by atoms with E-state index in [1.54, 1.807) is 24.3 Å². The molecule has 0 radical (unpaired) electrons. The van der Waals surface area contributed by atoms with Crippen LogP contribution in [0.25, 0.3) is 10.7 Å². The number of nitrogens with zero attached hydrogens (tertiary/aromatic N) is 2. The lowest BCUT2D eigenvalue weighted by atomic mass is 10.1. The summed E-state index contributed by atoms with van der Waals surface area (Å²) < 4.78 is 0. The van der Waals surface area contributed by atoms with E-state index in [9.17, 15) is 14.4 Å². The van der Waals surface area contributed by atoms with Crippen LogP contribution in [0.5, 0.6) is 0 Å². The van der Waals surface area contributed by atoms with Crippen LogP contribution in [0.1, 0.15) is 23.2 Å². The molecule has 0 aliphatic carbocycles. The van der Waals surface area contributed by atoms with E-state index in [0.29, 0.717) is 17.1 Å². The first-order valence-electron chi connectivity index (χ1n) is 8.57. The average Bonchev–Trinajstić information content (AvgIpc) is 3.34. The number of H-pyrrole nitrogens is 1. The Labute approximate surface area is 163 Å². The highest BCUT2D eigenvalue weighted by molar-refractivity contribution is 7.13. The standard InChI is InChI=1S/C18H16N6O3S/c25-14(21-18-22-15(23-24-18)13-6-3-9-28-13)8-7-12-17(27)19-11-5-2-1-4-10(11)16(26)20-12/h1-6,9,12H,7-8H2,(H,19,27)(H,20,26)(H2,21,22,23,24,25)/t12-/m1/s1. The molecule has 142 valence electrons. The highest BCUT2D eigenvalue weighted by Crippen LogP contribution is 2.22. The third-order valence-electron chi connectivity index (χ3n) is 4.20. The maximum Gasteiger partial charge on any atom is 0.254 e. The summed E-state index contributed by atoms with van der Waals surface area (Å²) in [5.74, 6) is -0.327. The Kier molecular flexibility index (Phi) is 4.85. The molecular weight excluding hydrogens is 380 g/mol. The Balaban J connectivity index is 1.35. The quantitative estimate of drug-likeness (QED) is 0.524. The number of hydrogen-bond donors (Lipinski definition) is 4. The number of rotatable bonds is 5. The second-order valence-electron chi connectivity index (χ2n) is 6.13. The van der Waals surface area contributed by atoms with E-state index in [1.165, 1.54) is 11.3 Å². The van der Waals surface area contributed by atoms with Gasteiger partial charge in [-0.3, -0.25) is 24.8 Å². The molecule has 3 amide bonds. The summed E-state index contributed by atoms with van der Waals surface area (Å²) in [4.78, 5) is 42.0. The first kappa shape index (κ1) is 17.9. The van der Waals surface area contributed by atoms with E-state index >= 15 is 0 Å². The van der Waals surface area contributed by atoms with Gasteiger partial charge >= 0.3 is 0 Å². The lowest BCUT2D eigenvalue weighted by molar-refractivity contribution is -0.118. The highest BCUT2D eigenvalue weighted by atomic mass is 32.1. The largest absolute Gasteiger partial charge is 0.340 e. The summed E-state index contributed by atoms with van der Waals surface area (Å²) in [5, 5.41) is 16.6. The fraction of sp³-hybridized carbons (Fsp3) is 0.167. The van der Waals surface area contributed by atoms with E-state index in [1.807, 2.05) is 17.5 Å². The first-order valence-corrected chi connectivity index (χ1v) is 9.45. The Morgan fingerprint density at radius 1 is 1.18 bits per heavy atom. The number of aromatic amines is 1. The number of benzene rings is 1. The molecule has 3 heterocycles. The van der Waals surface area contributed by atoms with Crippen LogP contribution in [0.15, 0.2) is 41.8 Å². The molecule has 1 aliphatic heterocycles. The van der Waals surface area contributed by atoms with Crippen molar-refractivity contribution in [2.45, 2.75) is 18.9 Å². The number of carbonyl (C=O) groups is 3. The third-order valence-corrected chi connectivity index (χ3v) is 5.08. The Hall–Kier alpha value is -3.53. The molecule has 0 unspecified atom stereocenters. The maximum absolute atomic E-state index is 12.3. The van der Waals surface area contributed by atoms with Gasteiger partial charge in [-0.15, -0.1) is 16.4 Å². The van der Waals surface area contributed by atoms with Crippen molar-refractivity contribution in [1.29, 1.82) is 0 Å². The molecule has 3 aromatic rings. The summed E-state index contributed by atoms with van der Waals surface area (Å²) in [5.41, 5.74) is 0.850. The smallest absolute Gasteiger partial charge is 0.254 e. The van der Waals surface area contributed by atoms with Crippen molar-refractivity contribution in [3.63, 3.8) is 0 Å². The zero-order valence-electron chi connectivity index (χ0n) is 14.6. The van der Waals surface area contributed by atoms with Crippen LogP contribution in [0, 0.1) is 0 Å². The lowest BCUT2D eigenvalue weighted by Crippen LogP contribution is -2.41. The van der Waals surface area contributed by atoms with Crippen LogP contribution in [0.2, 0.25) is 0 Å². The number of carbonyl (C=O) groups excluding carboxylic acids is 3. The van der Waals surface area contributed by atoms with Gasteiger partial charge in [-0.1, -0.05) is 18.2 Å². The van der Waals surface area contributed by atoms with Gasteiger partial charge in [0, 0.05) is 6.42 Å². The number of aromatic nitrogens is 3. The van der Waals surface area contributed by atoms with Gasteiger partial charge in [0.05, 0.1) is 16.1 Å². The second kappa shape index (κ2) is 7.61. The van der Waals surface area contributed by atoms with Gasteiger partial charge in [-0.25, -0.2) is 0 Å². The van der Waals surface area contributed by atoms with E-state index in [-0.39, 0.29) is 36.5 Å². The summed E-state index contributed by atoms with van der Waals surface area (Å²) in [6.07, 6.45) is 0.178. The number of nitrogens with one attached hydrogen (secondary N) is 4. The van der Waals surface area contributed by atoms with Crippen LogP contribution < -0.4 is 16.0 Å². The minimum absolute atomic E-state index is 0.0254. The van der Waals surface area contributed by atoms with E-state index in [0.717, 1.165) is 4.88 Å². The molecule has 1 aliphatic rings. The first-order chi connectivity index (χ1) is 13.6. The number of thiophene rings is 1. The molecule has 0 bridgehead atoms. The molecule has 4 rings (SSSR count). The molecule has 9 nitrogen and oxygen atoms in total. The van der Waals surface area contributed by atoms with Crippen LogP contribution >= 0.6 is 11.3 Å². The third kappa shape index (κ3) is 3.76. The van der Waals surface area contributed by atoms with Crippen molar-refractivity contribution in [2.75, 3.05) is 10.6 Å². The van der Waals surface area contributed by atoms with Gasteiger partial charge < -0.3 is 10.6 Å². The Bertz CT molecular complexity index is 1030. The lowest BCUT2D eigenvalue weighted by Gasteiger charge is -2.13. The number of anilines is 2. The zero-order chi connectivity index (χ0) is 19.5. The fourth-order valence-electron chi connectivity index (χ4n) is 2.82. The summed E-state index contributed by atoms with van der Waals surface area (Å²) in [6, 6.07) is 9.73. The number of hydrogen-bond acceptors (Lipinski definition) is 6. The SMILES string of the molecule is O=C(CC[C@H]1NC(=O)c2ccccc2NC1=O)Nc1n[nH]c(-c2cccs2)n1. The van der Waals surface area contributed by atoms with Crippen LogP contribution in [0.4, 0.5) is 11.6 Å². The van der Waals surface area contributed by atoms with Crippen LogP contribution in [-0.2, 0) is 9.59 Å². The molecule has 0 fully saturated rings. The molecule has 1 atom stereocenters. The molecule has 28 heavy (non-hydrogen) atoms. The molecule has 10 heteroatoms. The molecule has 1 aromatic carbocycles. The summed E-state index contributed by atoms with van der Waals surface area (Å²) in [6.45, 7) is 0. The van der Waals surface area contributed by atoms with Gasteiger partial charge in [-0.05, 0) is 30.0 Å². The van der Waals surface area contributed by atoms with Gasteiger partial charge in [0.1, 0.15) is 6.04 Å². The van der Waals surface area contributed by atoms with Gasteiger partial charge in [-0.2, -0.15) is 4.98 Å². The van der Waals surface area contributed by atoms with Crippen molar-refractivity contribution in [3.8, 4) is 10.7 Å². The van der Waals surface area contributed by atoms with Crippen LogP contribution in [0.3, 0.4) is 0 Å². The average molecular weight is 396 g/mol. The minimum Gasteiger partial charge on any atom is -0.340 e. The van der Waals surface area contributed by atoms with Crippen molar-refractivity contribution < 1.29 is 14.4 Å². The second-order valence-corrected chi connectivity index (χ2v) is 7.08. The predicted molar refractivity (Wildman–Crippen MR) is 104 cm³/mol. The maximum atomic E-state index is 12.3. The van der Waals surface area contributed by atoms with E-state index in [4.69, 9.17) is 0 Å². The van der Waals surface area contributed by atoms with Gasteiger partial charge in [0.2, 0.25) is 17.8 Å². The monoisotopic (exact) mass is 396 g/mol. The molecule has 4 N–H and O–H groups in total. The highest BCUT2D eigenvalue weighted by Gasteiger charge is 2.28. The molecule has 0 saturated heterocycles. The minimum atomic E-state index is -0.806. The van der Waals surface area contributed by atoms with Gasteiger partial charge in [0.15, 0.2) is 5.82 Å². The van der Waals surface area contributed by atoms with Crippen molar-refractivity contribution in [2.24, 2.45) is 0 Å². The molecular formula is C18H16N6O3S. The van der Waals surface area contributed by atoms with E-state index in [2.05, 4.69) is 31.1 Å². The summed E-state index contributed by atoms with van der Waals surface area (Å²) >= 11 is 1.50. The Morgan fingerprint density at radius 3 is 2.86 bits per heavy atom. The molecule has 0 saturated carbocycles. The van der Waals surface area contributed by atoms with Crippen molar-refractivity contribution in [1.82, 2.24) is 20.5 Å². The van der Waals surface area contributed by atoms with Gasteiger partial charge in [0.25, 0.3) is 5.91 Å². The van der Waals surface area contributed by atoms with E-state index < -0.39 is 6.04 Å². The Morgan fingerprint density at radius 2 is 2.04 bits per heavy atom. The normalized spacial score (nSPS) is 15.9. The predicted octanol–water partition coefficient (Wildman–Crippen LogP) is 2.00. The van der Waals surface area contributed by atoms with Crippen molar-refractivity contribution in [3.05, 3.63) is 47.3 Å². The number of amides is 3. The number of fused-ring (bicyclic) bond motifs is 1. The fourth-order valence-corrected chi connectivity index (χ4v) is 3.48.